The van der Waals surface area contributed by atoms with Gasteiger partial charge in [-0.2, -0.15) is 9.40 Å². The van der Waals surface area contributed by atoms with Gasteiger partial charge in [-0.25, -0.2) is 8.42 Å². The van der Waals surface area contributed by atoms with Crippen molar-refractivity contribution in [1.29, 1.82) is 0 Å². The number of carbonyl (C=O) groups excluding carboxylic acids is 1. The first-order valence-electron chi connectivity index (χ1n) is 6.03. The molecule has 7 nitrogen and oxygen atoms in total. The van der Waals surface area contributed by atoms with Gasteiger partial charge in [-0.05, 0) is 20.3 Å². The Hall–Kier alpha value is -1.41. The lowest BCUT2D eigenvalue weighted by Crippen LogP contribution is -2.40. The molecule has 0 bridgehead atoms. The molecule has 1 aliphatic rings. The van der Waals surface area contributed by atoms with Gasteiger partial charge in [-0.3, -0.25) is 9.89 Å². The average molecular weight is 286 g/mol. The van der Waals surface area contributed by atoms with Crippen LogP contribution in [0.4, 0.5) is 0 Å². The molecule has 1 aromatic heterocycles. The van der Waals surface area contributed by atoms with Crippen molar-refractivity contribution in [1.82, 2.24) is 19.8 Å². The molecule has 0 spiro atoms. The second-order valence-electron chi connectivity index (χ2n) is 5.09. The van der Waals surface area contributed by atoms with E-state index in [2.05, 4.69) is 15.5 Å². The van der Waals surface area contributed by atoms with Crippen LogP contribution in [0.1, 0.15) is 19.0 Å². The fourth-order valence-corrected chi connectivity index (χ4v) is 4.03. The second-order valence-corrected chi connectivity index (χ2v) is 6.99. The number of carbonyl (C=O) groups is 1. The number of nitrogens with zero attached hydrogens (tertiary/aromatic N) is 2. The van der Waals surface area contributed by atoms with Crippen LogP contribution >= 0.6 is 0 Å². The van der Waals surface area contributed by atoms with Gasteiger partial charge in [0.15, 0.2) is 0 Å². The van der Waals surface area contributed by atoms with Gasteiger partial charge in [-0.1, -0.05) is 0 Å². The molecule has 0 aromatic carbocycles. The normalized spacial score (nSPS) is 24.6. The van der Waals surface area contributed by atoms with Gasteiger partial charge in [0.25, 0.3) is 0 Å². The van der Waals surface area contributed by atoms with Crippen molar-refractivity contribution in [2.75, 3.05) is 20.1 Å². The predicted molar refractivity (Wildman–Crippen MR) is 68.9 cm³/mol. The van der Waals surface area contributed by atoms with Crippen LogP contribution in [0.5, 0.6) is 0 Å². The lowest BCUT2D eigenvalue weighted by molar-refractivity contribution is -0.128. The number of aromatic amines is 1. The highest BCUT2D eigenvalue weighted by molar-refractivity contribution is 7.89. The number of hydrogen-bond donors (Lipinski definition) is 2. The minimum Gasteiger partial charge on any atom is -0.359 e. The molecule has 2 heterocycles. The summed E-state index contributed by atoms with van der Waals surface area (Å²) in [5.74, 6) is -0.130. The predicted octanol–water partition coefficient (Wildman–Crippen LogP) is -0.135. The van der Waals surface area contributed by atoms with E-state index in [1.807, 2.05) is 0 Å². The minimum absolute atomic E-state index is 0.130. The van der Waals surface area contributed by atoms with E-state index in [4.69, 9.17) is 0 Å². The zero-order chi connectivity index (χ0) is 14.3. The molecule has 1 saturated heterocycles. The number of rotatable bonds is 3. The highest BCUT2D eigenvalue weighted by Crippen LogP contribution is 2.33. The fraction of sp³-hybridized carbons (Fsp3) is 0.636. The molecule has 2 N–H and O–H groups in total. The van der Waals surface area contributed by atoms with Crippen LogP contribution in [0.3, 0.4) is 0 Å². The molecule has 19 heavy (non-hydrogen) atoms. The second kappa shape index (κ2) is 4.61. The third-order valence-electron chi connectivity index (χ3n) is 3.62. The first-order chi connectivity index (χ1) is 8.81. The Kier molecular flexibility index (Phi) is 3.40. The molecule has 1 aromatic rings. The molecule has 1 aliphatic heterocycles. The zero-order valence-corrected chi connectivity index (χ0v) is 12.0. The average Bonchev–Trinajstić information content (AvgIpc) is 2.96. The van der Waals surface area contributed by atoms with Crippen molar-refractivity contribution in [3.8, 4) is 0 Å². The van der Waals surface area contributed by atoms with Crippen LogP contribution < -0.4 is 5.32 Å². The summed E-state index contributed by atoms with van der Waals surface area (Å²) >= 11 is 0. The highest BCUT2D eigenvalue weighted by Gasteiger charge is 2.44. The molecule has 106 valence electrons. The van der Waals surface area contributed by atoms with Crippen molar-refractivity contribution in [3.63, 3.8) is 0 Å². The number of nitrogens with one attached hydrogen (secondary N) is 2. The van der Waals surface area contributed by atoms with Crippen molar-refractivity contribution < 1.29 is 13.2 Å². The number of sulfonamides is 1. The lowest BCUT2D eigenvalue weighted by atomic mass is 9.89. The summed E-state index contributed by atoms with van der Waals surface area (Å²) in [6.07, 6.45) is 1.82. The summed E-state index contributed by atoms with van der Waals surface area (Å²) in [4.78, 5) is 12.0. The van der Waals surface area contributed by atoms with Crippen LogP contribution in [0.2, 0.25) is 0 Å². The zero-order valence-electron chi connectivity index (χ0n) is 11.2. The van der Waals surface area contributed by atoms with E-state index >= 15 is 0 Å². The third kappa shape index (κ3) is 2.25. The van der Waals surface area contributed by atoms with Gasteiger partial charge in [0.05, 0.1) is 17.3 Å². The number of H-pyrrole nitrogens is 1. The van der Waals surface area contributed by atoms with Crippen molar-refractivity contribution in [3.05, 3.63) is 11.9 Å². The van der Waals surface area contributed by atoms with Crippen molar-refractivity contribution >= 4 is 15.9 Å². The maximum Gasteiger partial charge on any atom is 0.246 e. The quantitative estimate of drug-likeness (QED) is 0.809. The molecule has 8 heteroatoms. The molecule has 0 radical (unpaired) electrons. The molecule has 1 atom stereocenters. The van der Waals surface area contributed by atoms with Crippen LogP contribution in [0.15, 0.2) is 11.1 Å². The van der Waals surface area contributed by atoms with E-state index in [-0.39, 0.29) is 17.3 Å². The molecular formula is C11H18N4O3S. The molecule has 0 aliphatic carbocycles. The summed E-state index contributed by atoms with van der Waals surface area (Å²) in [6.45, 7) is 3.98. The molecule has 1 fully saturated rings. The monoisotopic (exact) mass is 286 g/mol. The van der Waals surface area contributed by atoms with E-state index in [1.165, 1.54) is 10.5 Å². The van der Waals surface area contributed by atoms with Gasteiger partial charge in [0.1, 0.15) is 4.90 Å². The number of hydrogen-bond acceptors (Lipinski definition) is 4. The van der Waals surface area contributed by atoms with Gasteiger partial charge in [-0.15, -0.1) is 0 Å². The summed E-state index contributed by atoms with van der Waals surface area (Å²) in [5.41, 5.74) is -0.159. The first kappa shape index (κ1) is 14.0. The molecular weight excluding hydrogens is 268 g/mol. The van der Waals surface area contributed by atoms with Crippen LogP contribution in [-0.2, 0) is 14.8 Å². The molecule has 2 rings (SSSR count). The summed E-state index contributed by atoms with van der Waals surface area (Å²) in [7, 11) is -2.02. The van der Waals surface area contributed by atoms with Crippen molar-refractivity contribution in [2.24, 2.45) is 5.41 Å². The number of aryl methyl sites for hydroxylation is 1. The number of amides is 1. The van der Waals surface area contributed by atoms with E-state index in [0.29, 0.717) is 18.7 Å². The highest BCUT2D eigenvalue weighted by atomic mass is 32.2. The Bertz CT molecular complexity index is 595. The van der Waals surface area contributed by atoms with Crippen molar-refractivity contribution in [2.45, 2.75) is 25.2 Å². The number of aromatic nitrogens is 2. The Morgan fingerprint density at radius 2 is 2.26 bits per heavy atom. The Labute approximate surface area is 112 Å². The summed E-state index contributed by atoms with van der Waals surface area (Å²) < 4.78 is 26.2. The maximum absolute atomic E-state index is 12.4. The fourth-order valence-electron chi connectivity index (χ4n) is 2.35. The maximum atomic E-state index is 12.4. The van der Waals surface area contributed by atoms with Gasteiger partial charge in [0, 0.05) is 20.1 Å². The van der Waals surface area contributed by atoms with Crippen LogP contribution in [0.25, 0.3) is 0 Å². The summed E-state index contributed by atoms with van der Waals surface area (Å²) in [6, 6.07) is 0. The molecule has 1 amide bonds. The Balaban J connectivity index is 2.27. The smallest absolute Gasteiger partial charge is 0.246 e. The Morgan fingerprint density at radius 3 is 2.79 bits per heavy atom. The SMILES string of the molecule is CNC(=O)C1(C)CCN(S(=O)(=O)c2cn[nH]c2C)C1. The summed E-state index contributed by atoms with van der Waals surface area (Å²) in [5, 5.41) is 8.94. The van der Waals surface area contributed by atoms with E-state index in [9.17, 15) is 13.2 Å². The third-order valence-corrected chi connectivity index (χ3v) is 5.57. The lowest BCUT2D eigenvalue weighted by Gasteiger charge is -2.22. The van der Waals surface area contributed by atoms with Gasteiger partial charge >= 0.3 is 0 Å². The standard InChI is InChI=1S/C11H18N4O3S/c1-8-9(6-13-14-8)19(17,18)15-5-4-11(2,7-15)10(16)12-3/h6H,4-5,7H2,1-3H3,(H,12,16)(H,13,14). The molecule has 1 unspecified atom stereocenters. The largest absolute Gasteiger partial charge is 0.359 e. The van der Waals surface area contributed by atoms with E-state index in [1.54, 1.807) is 20.9 Å². The minimum atomic E-state index is -3.58. The van der Waals surface area contributed by atoms with Crippen LogP contribution in [-0.4, -0.2) is 49.0 Å². The van der Waals surface area contributed by atoms with E-state index in [0.717, 1.165) is 0 Å². The van der Waals surface area contributed by atoms with Gasteiger partial charge < -0.3 is 5.32 Å². The molecule has 0 saturated carbocycles. The van der Waals surface area contributed by atoms with E-state index < -0.39 is 15.4 Å². The Morgan fingerprint density at radius 1 is 1.58 bits per heavy atom. The first-order valence-corrected chi connectivity index (χ1v) is 7.47. The van der Waals surface area contributed by atoms with Crippen LogP contribution in [0, 0.1) is 12.3 Å². The topological polar surface area (TPSA) is 95.2 Å². The van der Waals surface area contributed by atoms with Gasteiger partial charge in [0.2, 0.25) is 15.9 Å².